The average Bonchev–Trinajstić information content (AvgIpc) is 2.57. The molecule has 2 aromatic carbocycles. The van der Waals surface area contributed by atoms with E-state index in [0.717, 1.165) is 11.4 Å². The van der Waals surface area contributed by atoms with Crippen molar-refractivity contribution < 1.29 is 9.13 Å². The van der Waals surface area contributed by atoms with Crippen molar-refractivity contribution in [1.29, 1.82) is 0 Å². The van der Waals surface area contributed by atoms with E-state index in [4.69, 9.17) is 4.74 Å². The fourth-order valence-electron chi connectivity index (χ4n) is 2.18. The van der Waals surface area contributed by atoms with Gasteiger partial charge in [0.25, 0.3) is 0 Å². The Labute approximate surface area is 145 Å². The molecule has 0 fully saturated rings. The smallest absolute Gasteiger partial charge is 0.249 e. The van der Waals surface area contributed by atoms with E-state index in [2.05, 4.69) is 25.8 Å². The highest BCUT2D eigenvalue weighted by molar-refractivity contribution is 5.64. The lowest BCUT2D eigenvalue weighted by molar-refractivity contribution is 0.244. The predicted octanol–water partition coefficient (Wildman–Crippen LogP) is 4.29. The number of nitrogens with one attached hydrogen (secondary N) is 2. The van der Waals surface area contributed by atoms with Crippen LogP contribution in [0.5, 0.6) is 5.75 Å². The molecule has 0 spiro atoms. The zero-order valence-electron chi connectivity index (χ0n) is 13.9. The first-order valence-corrected chi connectivity index (χ1v) is 7.85. The van der Waals surface area contributed by atoms with Gasteiger partial charge in [-0.25, -0.2) is 4.39 Å². The summed E-state index contributed by atoms with van der Waals surface area (Å²) in [7, 11) is 0. The van der Waals surface area contributed by atoms with Gasteiger partial charge in [0.1, 0.15) is 11.6 Å². The molecule has 7 heteroatoms. The van der Waals surface area contributed by atoms with Crippen LogP contribution >= 0.6 is 0 Å². The van der Waals surface area contributed by atoms with Crippen LogP contribution in [0.2, 0.25) is 0 Å². The van der Waals surface area contributed by atoms with E-state index in [0.29, 0.717) is 11.5 Å². The molecular formula is C18H18FN5O. The number of anilines is 4. The molecule has 0 unspecified atom stereocenters. The van der Waals surface area contributed by atoms with Crippen molar-refractivity contribution in [3.8, 4) is 5.75 Å². The molecule has 1 heterocycles. The van der Waals surface area contributed by atoms with Crippen LogP contribution < -0.4 is 15.4 Å². The van der Waals surface area contributed by atoms with Gasteiger partial charge in [-0.1, -0.05) is 18.2 Å². The third kappa shape index (κ3) is 4.63. The first-order valence-electron chi connectivity index (χ1n) is 7.85. The van der Waals surface area contributed by atoms with Crippen LogP contribution in [0.25, 0.3) is 0 Å². The topological polar surface area (TPSA) is 72.0 Å². The van der Waals surface area contributed by atoms with Crippen molar-refractivity contribution >= 4 is 23.1 Å². The van der Waals surface area contributed by atoms with E-state index < -0.39 is 0 Å². The molecule has 0 aliphatic heterocycles. The third-order valence-corrected chi connectivity index (χ3v) is 3.15. The molecule has 2 N–H and O–H groups in total. The number of ether oxygens (including phenoxy) is 1. The van der Waals surface area contributed by atoms with Crippen LogP contribution in [-0.4, -0.2) is 21.3 Å². The maximum atomic E-state index is 13.3. The van der Waals surface area contributed by atoms with Crippen molar-refractivity contribution in [3.63, 3.8) is 0 Å². The average molecular weight is 339 g/mol. The fourth-order valence-corrected chi connectivity index (χ4v) is 2.18. The number of para-hydroxylation sites is 2. The molecule has 25 heavy (non-hydrogen) atoms. The number of rotatable bonds is 6. The van der Waals surface area contributed by atoms with Crippen molar-refractivity contribution in [2.24, 2.45) is 0 Å². The van der Waals surface area contributed by atoms with Gasteiger partial charge in [-0.3, -0.25) is 0 Å². The Kier molecular flexibility index (Phi) is 5.03. The summed E-state index contributed by atoms with van der Waals surface area (Å²) in [6.07, 6.45) is 1.56. The summed E-state index contributed by atoms with van der Waals surface area (Å²) in [5, 5.41) is 13.9. The van der Waals surface area contributed by atoms with Crippen LogP contribution in [0.1, 0.15) is 13.8 Å². The lowest BCUT2D eigenvalue weighted by Crippen LogP contribution is -2.08. The molecule has 3 rings (SSSR count). The standard InChI is InChI=1S/C18H18FN5O/c1-12(2)25-16-9-4-3-8-15(16)22-17-11-20-24-18(23-17)21-14-7-5-6-13(19)10-14/h3-12H,1-2H3,(H2,21,22,23,24). The van der Waals surface area contributed by atoms with Crippen LogP contribution in [0.4, 0.5) is 27.5 Å². The Hall–Kier alpha value is -3.22. The van der Waals surface area contributed by atoms with Crippen molar-refractivity contribution in [1.82, 2.24) is 15.2 Å². The maximum Gasteiger partial charge on any atom is 0.249 e. The molecule has 0 amide bonds. The van der Waals surface area contributed by atoms with Gasteiger partial charge in [-0.15, -0.1) is 5.10 Å². The molecule has 0 atom stereocenters. The monoisotopic (exact) mass is 339 g/mol. The molecule has 128 valence electrons. The Morgan fingerprint density at radius 3 is 2.68 bits per heavy atom. The van der Waals surface area contributed by atoms with Crippen LogP contribution in [0, 0.1) is 5.82 Å². The van der Waals surface area contributed by atoms with E-state index in [9.17, 15) is 4.39 Å². The van der Waals surface area contributed by atoms with Gasteiger partial charge in [0, 0.05) is 5.69 Å². The minimum Gasteiger partial charge on any atom is -0.489 e. The Balaban J connectivity index is 1.78. The third-order valence-electron chi connectivity index (χ3n) is 3.15. The van der Waals surface area contributed by atoms with Gasteiger partial charge in [0.2, 0.25) is 5.95 Å². The van der Waals surface area contributed by atoms with Crippen molar-refractivity contribution in [3.05, 3.63) is 60.5 Å². The number of aromatic nitrogens is 3. The molecule has 6 nitrogen and oxygen atoms in total. The van der Waals surface area contributed by atoms with E-state index in [1.807, 2.05) is 38.1 Å². The van der Waals surface area contributed by atoms with E-state index in [-0.39, 0.29) is 17.9 Å². The summed E-state index contributed by atoms with van der Waals surface area (Å²) in [4.78, 5) is 4.34. The van der Waals surface area contributed by atoms with Gasteiger partial charge in [0.15, 0.2) is 5.82 Å². The summed E-state index contributed by atoms with van der Waals surface area (Å²) >= 11 is 0. The number of nitrogens with zero attached hydrogens (tertiary/aromatic N) is 3. The molecule has 0 radical (unpaired) electrons. The van der Waals surface area contributed by atoms with Crippen molar-refractivity contribution in [2.75, 3.05) is 10.6 Å². The Bertz CT molecular complexity index is 856. The second-order valence-corrected chi connectivity index (χ2v) is 5.59. The molecule has 0 saturated carbocycles. The number of halogens is 1. The first-order chi connectivity index (χ1) is 12.1. The lowest BCUT2D eigenvalue weighted by atomic mass is 10.3. The minimum atomic E-state index is -0.341. The predicted molar refractivity (Wildman–Crippen MR) is 95.0 cm³/mol. The highest BCUT2D eigenvalue weighted by Crippen LogP contribution is 2.27. The summed E-state index contributed by atoms with van der Waals surface area (Å²) in [6.45, 7) is 3.92. The van der Waals surface area contributed by atoms with Gasteiger partial charge in [-0.2, -0.15) is 10.1 Å². The van der Waals surface area contributed by atoms with E-state index >= 15 is 0 Å². The molecule has 0 bridgehead atoms. The molecule has 0 aliphatic carbocycles. The minimum absolute atomic E-state index is 0.0525. The van der Waals surface area contributed by atoms with Gasteiger partial charge >= 0.3 is 0 Å². The van der Waals surface area contributed by atoms with Crippen LogP contribution in [-0.2, 0) is 0 Å². The first kappa shape index (κ1) is 16.6. The molecule has 1 aromatic heterocycles. The number of hydrogen-bond acceptors (Lipinski definition) is 6. The van der Waals surface area contributed by atoms with E-state index in [1.165, 1.54) is 18.3 Å². The quantitative estimate of drug-likeness (QED) is 0.698. The molecule has 0 saturated heterocycles. The van der Waals surface area contributed by atoms with Crippen molar-refractivity contribution in [2.45, 2.75) is 20.0 Å². The summed E-state index contributed by atoms with van der Waals surface area (Å²) in [5.41, 5.74) is 1.32. The zero-order chi connectivity index (χ0) is 17.6. The molecule has 3 aromatic rings. The molecule has 0 aliphatic rings. The second kappa shape index (κ2) is 7.57. The Morgan fingerprint density at radius 1 is 1.04 bits per heavy atom. The van der Waals surface area contributed by atoms with Crippen LogP contribution in [0.3, 0.4) is 0 Å². The normalized spacial score (nSPS) is 10.6. The largest absolute Gasteiger partial charge is 0.489 e. The summed E-state index contributed by atoms with van der Waals surface area (Å²) in [6, 6.07) is 13.6. The summed E-state index contributed by atoms with van der Waals surface area (Å²) < 4.78 is 19.0. The van der Waals surface area contributed by atoms with Gasteiger partial charge < -0.3 is 15.4 Å². The van der Waals surface area contributed by atoms with E-state index in [1.54, 1.807) is 12.1 Å². The SMILES string of the molecule is CC(C)Oc1ccccc1Nc1cnnc(Nc2cccc(F)c2)n1. The lowest BCUT2D eigenvalue weighted by Gasteiger charge is -2.15. The van der Waals surface area contributed by atoms with Gasteiger partial charge in [0.05, 0.1) is 18.0 Å². The highest BCUT2D eigenvalue weighted by Gasteiger charge is 2.07. The number of benzene rings is 2. The van der Waals surface area contributed by atoms with Gasteiger partial charge in [-0.05, 0) is 44.2 Å². The highest BCUT2D eigenvalue weighted by atomic mass is 19.1. The summed E-state index contributed by atoms with van der Waals surface area (Å²) in [5.74, 6) is 1.13. The number of hydrogen-bond donors (Lipinski definition) is 2. The zero-order valence-corrected chi connectivity index (χ0v) is 13.9. The maximum absolute atomic E-state index is 13.3. The Morgan fingerprint density at radius 2 is 1.88 bits per heavy atom. The fraction of sp³-hybridized carbons (Fsp3) is 0.167. The second-order valence-electron chi connectivity index (χ2n) is 5.59. The van der Waals surface area contributed by atoms with Crippen LogP contribution in [0.15, 0.2) is 54.7 Å². The molecular weight excluding hydrogens is 321 g/mol.